The molecule has 0 atom stereocenters. The van der Waals surface area contributed by atoms with Gasteiger partial charge in [-0.1, -0.05) is 42.5 Å². The molecule has 0 fully saturated rings. The molecule has 0 bridgehead atoms. The lowest BCUT2D eigenvalue weighted by molar-refractivity contribution is 1.26. The molecule has 24 heavy (non-hydrogen) atoms. The Labute approximate surface area is 139 Å². The average molecular weight is 309 g/mol. The van der Waals surface area contributed by atoms with Gasteiger partial charge in [0.25, 0.3) is 0 Å². The third-order valence-electron chi connectivity index (χ3n) is 4.73. The van der Waals surface area contributed by atoms with Crippen LogP contribution in [0.3, 0.4) is 0 Å². The maximum absolute atomic E-state index is 6.25. The van der Waals surface area contributed by atoms with E-state index in [0.717, 1.165) is 34.4 Å². The fourth-order valence-electron chi connectivity index (χ4n) is 3.57. The predicted molar refractivity (Wildman–Crippen MR) is 97.6 cm³/mol. The maximum Gasteiger partial charge on any atom is 0.0899 e. The second-order valence-corrected chi connectivity index (χ2v) is 6.13. The van der Waals surface area contributed by atoms with E-state index < -0.39 is 0 Å². The summed E-state index contributed by atoms with van der Waals surface area (Å²) in [4.78, 5) is 9.39. The third kappa shape index (κ3) is 1.85. The highest BCUT2D eigenvalue weighted by molar-refractivity contribution is 5.93. The number of nitrogens with two attached hydrogens (primary N) is 1. The molecule has 1 aliphatic carbocycles. The molecule has 114 valence electrons. The van der Waals surface area contributed by atoms with E-state index in [2.05, 4.69) is 35.3 Å². The summed E-state index contributed by atoms with van der Waals surface area (Å²) in [6.07, 6.45) is 2.74. The Morgan fingerprint density at radius 1 is 0.792 bits per heavy atom. The van der Waals surface area contributed by atoms with Crippen LogP contribution < -0.4 is 5.73 Å². The van der Waals surface area contributed by atoms with Crippen LogP contribution in [-0.2, 0) is 6.42 Å². The number of hydrogen-bond donors (Lipinski definition) is 1. The summed E-state index contributed by atoms with van der Waals surface area (Å²) in [7, 11) is 0. The summed E-state index contributed by atoms with van der Waals surface area (Å²) >= 11 is 0. The molecule has 3 nitrogen and oxygen atoms in total. The van der Waals surface area contributed by atoms with Gasteiger partial charge < -0.3 is 5.73 Å². The van der Waals surface area contributed by atoms with Gasteiger partial charge in [0.05, 0.1) is 22.9 Å². The quantitative estimate of drug-likeness (QED) is 0.465. The van der Waals surface area contributed by atoms with E-state index in [0.29, 0.717) is 0 Å². The number of aromatic nitrogens is 2. The molecule has 1 aliphatic rings. The molecular formula is C21H15N3. The van der Waals surface area contributed by atoms with Gasteiger partial charge in [-0.25, -0.2) is 4.98 Å². The van der Waals surface area contributed by atoms with Crippen molar-refractivity contribution in [2.45, 2.75) is 6.42 Å². The molecule has 0 spiro atoms. The van der Waals surface area contributed by atoms with Gasteiger partial charge in [0.1, 0.15) is 0 Å². The minimum atomic E-state index is 0.846. The van der Waals surface area contributed by atoms with Crippen molar-refractivity contribution < 1.29 is 0 Å². The van der Waals surface area contributed by atoms with Gasteiger partial charge in [-0.15, -0.1) is 0 Å². The molecular weight excluding hydrogens is 294 g/mol. The maximum atomic E-state index is 6.25. The summed E-state index contributed by atoms with van der Waals surface area (Å²) in [5.41, 5.74) is 15.9. The molecule has 0 radical (unpaired) electrons. The SMILES string of the molecule is Nc1ccc(-c2cnc3ccccc3n2)c2c1Cc1ccccc1-2. The number of rotatable bonds is 1. The molecule has 0 saturated heterocycles. The van der Waals surface area contributed by atoms with Gasteiger partial charge in [-0.05, 0) is 40.5 Å². The van der Waals surface area contributed by atoms with E-state index in [1.54, 1.807) is 0 Å². The molecule has 1 aromatic heterocycles. The van der Waals surface area contributed by atoms with Gasteiger partial charge in [0, 0.05) is 17.7 Å². The van der Waals surface area contributed by atoms with Crippen molar-refractivity contribution in [2.24, 2.45) is 0 Å². The normalized spacial score (nSPS) is 12.2. The lowest BCUT2D eigenvalue weighted by Crippen LogP contribution is -1.96. The summed E-state index contributed by atoms with van der Waals surface area (Å²) in [6, 6.07) is 20.5. The topological polar surface area (TPSA) is 51.8 Å². The molecule has 3 heteroatoms. The van der Waals surface area contributed by atoms with Crippen LogP contribution >= 0.6 is 0 Å². The van der Waals surface area contributed by atoms with Gasteiger partial charge >= 0.3 is 0 Å². The molecule has 0 unspecified atom stereocenters. The molecule has 2 N–H and O–H groups in total. The van der Waals surface area contributed by atoms with E-state index >= 15 is 0 Å². The standard InChI is InChI=1S/C21H15N3/c22-17-10-9-15(20-12-23-18-7-3-4-8-19(18)24-20)21-14-6-2-1-5-13(14)11-16(17)21/h1-10,12H,11,22H2. The summed E-state index contributed by atoms with van der Waals surface area (Å²) in [5, 5.41) is 0. The first-order chi connectivity index (χ1) is 11.8. The van der Waals surface area contributed by atoms with Crippen molar-refractivity contribution >= 4 is 16.7 Å². The Morgan fingerprint density at radius 3 is 2.50 bits per heavy atom. The van der Waals surface area contributed by atoms with Gasteiger partial charge in [-0.2, -0.15) is 0 Å². The molecule has 0 saturated carbocycles. The Morgan fingerprint density at radius 2 is 1.58 bits per heavy atom. The first-order valence-corrected chi connectivity index (χ1v) is 8.03. The fourth-order valence-corrected chi connectivity index (χ4v) is 3.57. The smallest absolute Gasteiger partial charge is 0.0899 e. The summed E-state index contributed by atoms with van der Waals surface area (Å²) < 4.78 is 0. The van der Waals surface area contributed by atoms with Crippen LogP contribution in [-0.4, -0.2) is 9.97 Å². The number of nitrogen functional groups attached to an aromatic ring is 1. The number of anilines is 1. The Balaban J connectivity index is 1.80. The van der Waals surface area contributed by atoms with E-state index in [1.807, 2.05) is 36.5 Å². The highest BCUT2D eigenvalue weighted by Crippen LogP contribution is 2.44. The van der Waals surface area contributed by atoms with E-state index in [-0.39, 0.29) is 0 Å². The first kappa shape index (κ1) is 13.3. The number of nitrogens with zero attached hydrogens (tertiary/aromatic N) is 2. The van der Waals surface area contributed by atoms with Crippen molar-refractivity contribution in [3.63, 3.8) is 0 Å². The number of hydrogen-bond acceptors (Lipinski definition) is 3. The Kier molecular flexibility index (Phi) is 2.71. The number of benzene rings is 3. The molecule has 5 rings (SSSR count). The predicted octanol–water partition coefficient (Wildman–Crippen LogP) is 4.45. The highest BCUT2D eigenvalue weighted by atomic mass is 14.8. The summed E-state index contributed by atoms with van der Waals surface area (Å²) in [6.45, 7) is 0. The third-order valence-corrected chi connectivity index (χ3v) is 4.73. The van der Waals surface area contributed by atoms with Crippen molar-refractivity contribution in [3.8, 4) is 22.4 Å². The molecule has 4 aromatic rings. The van der Waals surface area contributed by atoms with Crippen LogP contribution in [0.2, 0.25) is 0 Å². The van der Waals surface area contributed by atoms with Crippen LogP contribution in [0.15, 0.2) is 66.9 Å². The van der Waals surface area contributed by atoms with Gasteiger partial charge in [-0.3, -0.25) is 4.98 Å². The van der Waals surface area contributed by atoms with E-state index in [1.165, 1.54) is 22.3 Å². The zero-order valence-corrected chi connectivity index (χ0v) is 13.0. The van der Waals surface area contributed by atoms with Crippen LogP contribution in [0.25, 0.3) is 33.4 Å². The van der Waals surface area contributed by atoms with Crippen LogP contribution in [0.4, 0.5) is 5.69 Å². The molecule has 3 aromatic carbocycles. The van der Waals surface area contributed by atoms with Crippen LogP contribution in [0.1, 0.15) is 11.1 Å². The fraction of sp³-hybridized carbons (Fsp3) is 0.0476. The number of fused-ring (bicyclic) bond motifs is 4. The van der Waals surface area contributed by atoms with Crippen molar-refractivity contribution in [3.05, 3.63) is 78.0 Å². The largest absolute Gasteiger partial charge is 0.398 e. The van der Waals surface area contributed by atoms with E-state index in [9.17, 15) is 0 Å². The molecule has 0 amide bonds. The zero-order valence-electron chi connectivity index (χ0n) is 13.0. The second-order valence-electron chi connectivity index (χ2n) is 6.13. The second kappa shape index (κ2) is 4.90. The lowest BCUT2D eigenvalue weighted by atomic mass is 9.96. The highest BCUT2D eigenvalue weighted by Gasteiger charge is 2.24. The van der Waals surface area contributed by atoms with Gasteiger partial charge in [0.15, 0.2) is 0 Å². The van der Waals surface area contributed by atoms with Gasteiger partial charge in [0.2, 0.25) is 0 Å². The molecule has 1 heterocycles. The minimum absolute atomic E-state index is 0.846. The van der Waals surface area contributed by atoms with Crippen molar-refractivity contribution in [1.82, 2.24) is 9.97 Å². The van der Waals surface area contributed by atoms with E-state index in [4.69, 9.17) is 10.7 Å². The average Bonchev–Trinajstić information content (AvgIpc) is 3.02. The Hall–Kier alpha value is -3.20. The summed E-state index contributed by atoms with van der Waals surface area (Å²) in [5.74, 6) is 0. The van der Waals surface area contributed by atoms with Crippen molar-refractivity contribution in [2.75, 3.05) is 5.73 Å². The van der Waals surface area contributed by atoms with Crippen LogP contribution in [0, 0.1) is 0 Å². The molecule has 0 aliphatic heterocycles. The Bertz CT molecular complexity index is 1100. The monoisotopic (exact) mass is 309 g/mol. The van der Waals surface area contributed by atoms with Crippen molar-refractivity contribution in [1.29, 1.82) is 0 Å². The zero-order chi connectivity index (χ0) is 16.1. The van der Waals surface area contributed by atoms with Crippen LogP contribution in [0.5, 0.6) is 0 Å². The minimum Gasteiger partial charge on any atom is -0.398 e. The lowest BCUT2D eigenvalue weighted by Gasteiger charge is -2.11. The first-order valence-electron chi connectivity index (χ1n) is 8.03. The number of para-hydroxylation sites is 2.